The molecule has 0 radical (unpaired) electrons. The molecule has 0 bridgehead atoms. The van der Waals surface area contributed by atoms with Gasteiger partial charge in [-0.25, -0.2) is 8.42 Å². The summed E-state index contributed by atoms with van der Waals surface area (Å²) in [5.41, 5.74) is 3.99. The van der Waals surface area contributed by atoms with Crippen molar-refractivity contribution in [1.82, 2.24) is 4.98 Å². The summed E-state index contributed by atoms with van der Waals surface area (Å²) in [6.07, 6.45) is 0. The lowest BCUT2D eigenvalue weighted by Gasteiger charge is -2.09. The van der Waals surface area contributed by atoms with Crippen molar-refractivity contribution in [3.05, 3.63) is 78.9 Å². The molecule has 146 valence electrons. The van der Waals surface area contributed by atoms with E-state index in [1.54, 1.807) is 24.3 Å². The van der Waals surface area contributed by atoms with Gasteiger partial charge >= 0.3 is 0 Å². The van der Waals surface area contributed by atoms with Gasteiger partial charge in [0.15, 0.2) is 0 Å². The van der Waals surface area contributed by atoms with Crippen LogP contribution in [0.4, 0.5) is 11.4 Å². The van der Waals surface area contributed by atoms with Crippen LogP contribution in [-0.2, 0) is 14.8 Å². The molecule has 0 aliphatic carbocycles. The number of H-pyrrole nitrogens is 1. The summed E-state index contributed by atoms with van der Waals surface area (Å²) in [7, 11) is -3.73. The van der Waals surface area contributed by atoms with E-state index in [0.717, 1.165) is 22.2 Å². The lowest BCUT2D eigenvalue weighted by atomic mass is 10.1. The van der Waals surface area contributed by atoms with Crippen LogP contribution in [0.15, 0.2) is 83.8 Å². The van der Waals surface area contributed by atoms with E-state index < -0.39 is 10.0 Å². The second-order valence-corrected chi connectivity index (χ2v) is 8.34. The molecule has 0 saturated heterocycles. The summed E-state index contributed by atoms with van der Waals surface area (Å²) < 4.78 is 27.8. The quantitative estimate of drug-likeness (QED) is 0.453. The standard InChI is InChI=1S/C22H19N3O3S/c1-15(26)23-18-10-12-20(13-11-18)29(27,28)25-19-8-6-16(7-9-19)22-14-17-4-2-3-5-21(17)24-22/h2-14,24-25H,1H3,(H,23,26). The summed E-state index contributed by atoms with van der Waals surface area (Å²) in [6.45, 7) is 1.39. The molecule has 6 nitrogen and oxygen atoms in total. The molecule has 0 atom stereocenters. The summed E-state index contributed by atoms with van der Waals surface area (Å²) >= 11 is 0. The van der Waals surface area contributed by atoms with Crippen LogP contribution < -0.4 is 10.0 Å². The highest BCUT2D eigenvalue weighted by atomic mass is 32.2. The van der Waals surface area contributed by atoms with Gasteiger partial charge in [0.1, 0.15) is 0 Å². The van der Waals surface area contributed by atoms with E-state index in [9.17, 15) is 13.2 Å². The molecule has 0 saturated carbocycles. The van der Waals surface area contributed by atoms with Gasteiger partial charge in [-0.05, 0) is 54.1 Å². The van der Waals surface area contributed by atoms with Crippen molar-refractivity contribution in [3.8, 4) is 11.3 Å². The maximum Gasteiger partial charge on any atom is 0.261 e. The van der Waals surface area contributed by atoms with Crippen molar-refractivity contribution in [3.63, 3.8) is 0 Å². The second kappa shape index (κ2) is 7.44. The molecule has 1 amide bonds. The van der Waals surface area contributed by atoms with E-state index in [2.05, 4.69) is 21.1 Å². The molecule has 4 rings (SSSR count). The van der Waals surface area contributed by atoms with Gasteiger partial charge in [0, 0.05) is 34.9 Å². The fraction of sp³-hybridized carbons (Fsp3) is 0.0455. The third kappa shape index (κ3) is 4.14. The van der Waals surface area contributed by atoms with Crippen molar-refractivity contribution < 1.29 is 13.2 Å². The number of fused-ring (bicyclic) bond motifs is 1. The minimum absolute atomic E-state index is 0.117. The molecule has 0 unspecified atom stereocenters. The van der Waals surface area contributed by atoms with E-state index in [0.29, 0.717) is 11.4 Å². The molecule has 29 heavy (non-hydrogen) atoms. The van der Waals surface area contributed by atoms with Gasteiger partial charge in [0.25, 0.3) is 10.0 Å². The van der Waals surface area contributed by atoms with Gasteiger partial charge in [-0.2, -0.15) is 0 Å². The Hall–Kier alpha value is -3.58. The normalized spacial score (nSPS) is 11.3. The smallest absolute Gasteiger partial charge is 0.261 e. The number of sulfonamides is 1. The second-order valence-electron chi connectivity index (χ2n) is 6.66. The molecule has 0 fully saturated rings. The van der Waals surface area contributed by atoms with Crippen LogP contribution in [0, 0.1) is 0 Å². The number of nitrogens with one attached hydrogen (secondary N) is 3. The monoisotopic (exact) mass is 405 g/mol. The SMILES string of the molecule is CC(=O)Nc1ccc(S(=O)(=O)Nc2ccc(-c3cc4ccccc4[nH]3)cc2)cc1. The highest BCUT2D eigenvalue weighted by Gasteiger charge is 2.14. The topological polar surface area (TPSA) is 91.1 Å². The van der Waals surface area contributed by atoms with Crippen LogP contribution in [-0.4, -0.2) is 19.3 Å². The minimum Gasteiger partial charge on any atom is -0.355 e. The first-order valence-electron chi connectivity index (χ1n) is 8.99. The van der Waals surface area contributed by atoms with Crippen molar-refractivity contribution in [2.75, 3.05) is 10.0 Å². The molecule has 0 aliphatic rings. The third-order valence-corrected chi connectivity index (χ3v) is 5.86. The van der Waals surface area contributed by atoms with Crippen molar-refractivity contribution in [2.45, 2.75) is 11.8 Å². The number of aromatic nitrogens is 1. The molecule has 0 spiro atoms. The van der Waals surface area contributed by atoms with Crippen molar-refractivity contribution in [1.29, 1.82) is 0 Å². The summed E-state index contributed by atoms with van der Waals surface area (Å²) in [5, 5.41) is 3.73. The van der Waals surface area contributed by atoms with Gasteiger partial charge in [0.2, 0.25) is 5.91 Å². The molecule has 1 heterocycles. The Morgan fingerprint density at radius 3 is 2.17 bits per heavy atom. The molecule has 4 aromatic rings. The number of anilines is 2. The maximum atomic E-state index is 12.6. The highest BCUT2D eigenvalue weighted by Crippen LogP contribution is 2.26. The zero-order valence-corrected chi connectivity index (χ0v) is 16.5. The Morgan fingerprint density at radius 2 is 1.52 bits per heavy atom. The van der Waals surface area contributed by atoms with Crippen molar-refractivity contribution >= 4 is 38.2 Å². The van der Waals surface area contributed by atoms with Crippen molar-refractivity contribution in [2.24, 2.45) is 0 Å². The van der Waals surface area contributed by atoms with Crippen LogP contribution >= 0.6 is 0 Å². The minimum atomic E-state index is -3.73. The third-order valence-electron chi connectivity index (χ3n) is 4.46. The van der Waals surface area contributed by atoms with Gasteiger partial charge in [-0.15, -0.1) is 0 Å². The molecule has 0 aliphatic heterocycles. The van der Waals surface area contributed by atoms with E-state index >= 15 is 0 Å². The Kier molecular flexibility index (Phi) is 4.82. The van der Waals surface area contributed by atoms with Gasteiger partial charge < -0.3 is 10.3 Å². The van der Waals surface area contributed by atoms with Gasteiger partial charge in [-0.1, -0.05) is 30.3 Å². The van der Waals surface area contributed by atoms with Gasteiger partial charge in [0.05, 0.1) is 4.90 Å². The Morgan fingerprint density at radius 1 is 0.862 bits per heavy atom. The largest absolute Gasteiger partial charge is 0.355 e. The average molecular weight is 405 g/mol. The zero-order chi connectivity index (χ0) is 20.4. The van der Waals surface area contributed by atoms with E-state index in [4.69, 9.17) is 0 Å². The zero-order valence-electron chi connectivity index (χ0n) is 15.6. The van der Waals surface area contributed by atoms with Crippen LogP contribution in [0.1, 0.15) is 6.92 Å². The molecule has 7 heteroatoms. The van der Waals surface area contributed by atoms with E-state index in [1.807, 2.05) is 36.4 Å². The first kappa shape index (κ1) is 18.8. The number of para-hydroxylation sites is 1. The number of hydrogen-bond donors (Lipinski definition) is 3. The number of benzene rings is 3. The number of hydrogen-bond acceptors (Lipinski definition) is 3. The van der Waals surface area contributed by atoms with E-state index in [-0.39, 0.29) is 10.8 Å². The van der Waals surface area contributed by atoms with Crippen LogP contribution in [0.25, 0.3) is 22.2 Å². The van der Waals surface area contributed by atoms with Crippen LogP contribution in [0.2, 0.25) is 0 Å². The predicted molar refractivity (Wildman–Crippen MR) is 115 cm³/mol. The Balaban J connectivity index is 1.52. The molecule has 3 aromatic carbocycles. The predicted octanol–water partition coefficient (Wildman–Crippen LogP) is 4.59. The number of carbonyl (C=O) groups excluding carboxylic acids is 1. The fourth-order valence-electron chi connectivity index (χ4n) is 3.08. The molecular weight excluding hydrogens is 386 g/mol. The maximum absolute atomic E-state index is 12.6. The first-order valence-corrected chi connectivity index (χ1v) is 10.5. The Bertz CT molecular complexity index is 1240. The number of rotatable bonds is 5. The first-order chi connectivity index (χ1) is 13.9. The Labute approximate surface area is 168 Å². The molecule has 1 aromatic heterocycles. The molecule has 3 N–H and O–H groups in total. The highest BCUT2D eigenvalue weighted by molar-refractivity contribution is 7.92. The van der Waals surface area contributed by atoms with Gasteiger partial charge in [-0.3, -0.25) is 9.52 Å². The number of aromatic amines is 1. The van der Waals surface area contributed by atoms with Crippen LogP contribution in [0.3, 0.4) is 0 Å². The van der Waals surface area contributed by atoms with E-state index in [1.165, 1.54) is 19.1 Å². The summed E-state index contributed by atoms with van der Waals surface area (Å²) in [4.78, 5) is 14.5. The summed E-state index contributed by atoms with van der Waals surface area (Å²) in [5.74, 6) is -0.214. The molecular formula is C22H19N3O3S. The number of carbonyl (C=O) groups is 1. The number of amides is 1. The fourth-order valence-corrected chi connectivity index (χ4v) is 4.14. The van der Waals surface area contributed by atoms with Crippen LogP contribution in [0.5, 0.6) is 0 Å². The lowest BCUT2D eigenvalue weighted by Crippen LogP contribution is -2.13. The summed E-state index contributed by atoms with van der Waals surface area (Å²) in [6, 6.07) is 23.3. The lowest BCUT2D eigenvalue weighted by molar-refractivity contribution is -0.114. The average Bonchev–Trinajstić information content (AvgIpc) is 3.12.